The lowest BCUT2D eigenvalue weighted by molar-refractivity contribution is -0.159. The SMILES string of the molecule is CCOc1ccc(C2c3[nH]c4ccccc4c3CC3C(=O)N(Cc4cccs4)CC(=O)N32)cc1OC. The van der Waals surface area contributed by atoms with E-state index in [0.717, 1.165) is 32.6 Å². The molecule has 6 rings (SSSR count). The molecule has 2 unspecified atom stereocenters. The van der Waals surface area contributed by atoms with E-state index in [1.54, 1.807) is 28.2 Å². The summed E-state index contributed by atoms with van der Waals surface area (Å²) in [6.45, 7) is 2.96. The maximum Gasteiger partial charge on any atom is 0.246 e. The van der Waals surface area contributed by atoms with Crippen molar-refractivity contribution in [2.45, 2.75) is 32.0 Å². The molecule has 1 N–H and O–H groups in total. The van der Waals surface area contributed by atoms with Crippen LogP contribution >= 0.6 is 11.3 Å². The highest BCUT2D eigenvalue weighted by Crippen LogP contribution is 2.44. The Labute approximate surface area is 213 Å². The maximum atomic E-state index is 13.8. The number of benzene rings is 2. The molecule has 1 saturated heterocycles. The van der Waals surface area contributed by atoms with Crippen molar-refractivity contribution < 1.29 is 19.1 Å². The van der Waals surface area contributed by atoms with E-state index in [4.69, 9.17) is 9.47 Å². The number of ether oxygens (including phenoxy) is 2. The largest absolute Gasteiger partial charge is 0.493 e. The number of nitrogens with one attached hydrogen (secondary N) is 1. The molecule has 2 atom stereocenters. The Morgan fingerprint density at radius 2 is 1.94 bits per heavy atom. The lowest BCUT2D eigenvalue weighted by Gasteiger charge is -2.47. The van der Waals surface area contributed by atoms with E-state index in [-0.39, 0.29) is 18.4 Å². The van der Waals surface area contributed by atoms with Gasteiger partial charge >= 0.3 is 0 Å². The van der Waals surface area contributed by atoms with Crippen molar-refractivity contribution in [3.05, 3.63) is 81.7 Å². The van der Waals surface area contributed by atoms with Crippen LogP contribution in [0.5, 0.6) is 11.5 Å². The van der Waals surface area contributed by atoms with Crippen LogP contribution in [0.2, 0.25) is 0 Å². The van der Waals surface area contributed by atoms with Gasteiger partial charge in [-0.25, -0.2) is 0 Å². The number of aromatic nitrogens is 1. The summed E-state index contributed by atoms with van der Waals surface area (Å²) in [7, 11) is 1.61. The van der Waals surface area contributed by atoms with E-state index in [9.17, 15) is 9.59 Å². The van der Waals surface area contributed by atoms with Gasteiger partial charge in [-0.05, 0) is 47.7 Å². The lowest BCUT2D eigenvalue weighted by Crippen LogP contribution is -2.62. The summed E-state index contributed by atoms with van der Waals surface area (Å²) in [4.78, 5) is 35.6. The number of carbonyl (C=O) groups is 2. The van der Waals surface area contributed by atoms with E-state index in [0.29, 0.717) is 31.1 Å². The molecule has 0 radical (unpaired) electrons. The minimum atomic E-state index is -0.569. The van der Waals surface area contributed by atoms with Crippen LogP contribution in [0.3, 0.4) is 0 Å². The molecule has 0 bridgehead atoms. The van der Waals surface area contributed by atoms with Crippen molar-refractivity contribution >= 4 is 34.1 Å². The molecule has 184 valence electrons. The summed E-state index contributed by atoms with van der Waals surface area (Å²) in [6.07, 6.45) is 0.482. The highest BCUT2D eigenvalue weighted by atomic mass is 32.1. The van der Waals surface area contributed by atoms with Crippen LogP contribution in [-0.4, -0.2) is 52.9 Å². The zero-order valence-corrected chi connectivity index (χ0v) is 21.0. The van der Waals surface area contributed by atoms with Gasteiger partial charge in [0.15, 0.2) is 11.5 Å². The predicted molar refractivity (Wildman–Crippen MR) is 138 cm³/mol. The number of thiophene rings is 1. The summed E-state index contributed by atoms with van der Waals surface area (Å²) in [5.74, 6) is 1.18. The Bertz CT molecular complexity index is 1440. The molecule has 2 aromatic carbocycles. The smallest absolute Gasteiger partial charge is 0.246 e. The average Bonchev–Trinajstić information content (AvgIpc) is 3.54. The third-order valence-electron chi connectivity index (χ3n) is 7.07. The Balaban J connectivity index is 1.48. The van der Waals surface area contributed by atoms with Crippen LogP contribution in [0, 0.1) is 0 Å². The molecule has 2 amide bonds. The van der Waals surface area contributed by atoms with Crippen molar-refractivity contribution in [1.29, 1.82) is 0 Å². The first-order valence-corrected chi connectivity index (χ1v) is 13.0. The van der Waals surface area contributed by atoms with Gasteiger partial charge in [0.1, 0.15) is 12.6 Å². The minimum absolute atomic E-state index is 0.0122. The number of hydrogen-bond donors (Lipinski definition) is 1. The van der Waals surface area contributed by atoms with E-state index < -0.39 is 12.1 Å². The van der Waals surface area contributed by atoms with Gasteiger partial charge in [-0.2, -0.15) is 0 Å². The van der Waals surface area contributed by atoms with E-state index in [2.05, 4.69) is 11.1 Å². The number of methoxy groups -OCH3 is 1. The molecule has 36 heavy (non-hydrogen) atoms. The molecule has 8 heteroatoms. The second-order valence-corrected chi connectivity index (χ2v) is 10.1. The van der Waals surface area contributed by atoms with Crippen molar-refractivity contribution in [2.24, 2.45) is 0 Å². The van der Waals surface area contributed by atoms with Crippen LogP contribution in [-0.2, 0) is 22.6 Å². The first kappa shape index (κ1) is 22.7. The van der Waals surface area contributed by atoms with Crippen LogP contribution in [0.4, 0.5) is 0 Å². The van der Waals surface area contributed by atoms with Crippen LogP contribution in [0.1, 0.15) is 34.7 Å². The molecule has 7 nitrogen and oxygen atoms in total. The predicted octanol–water partition coefficient (Wildman–Crippen LogP) is 4.52. The second-order valence-electron chi connectivity index (χ2n) is 9.10. The highest BCUT2D eigenvalue weighted by Gasteiger charge is 2.48. The fraction of sp³-hybridized carbons (Fsp3) is 0.286. The van der Waals surface area contributed by atoms with Gasteiger partial charge in [-0.3, -0.25) is 9.59 Å². The Morgan fingerprint density at radius 1 is 1.08 bits per heavy atom. The van der Waals surface area contributed by atoms with Gasteiger partial charge < -0.3 is 24.3 Å². The third kappa shape index (κ3) is 3.64. The molecule has 2 aromatic heterocycles. The number of para-hydroxylation sites is 1. The van der Waals surface area contributed by atoms with Crippen molar-refractivity contribution in [3.8, 4) is 11.5 Å². The van der Waals surface area contributed by atoms with Crippen molar-refractivity contribution in [1.82, 2.24) is 14.8 Å². The lowest BCUT2D eigenvalue weighted by atomic mass is 9.86. The number of fused-ring (bicyclic) bond motifs is 4. The molecule has 1 fully saturated rings. The molecule has 2 aliphatic rings. The van der Waals surface area contributed by atoms with Crippen LogP contribution in [0.15, 0.2) is 60.0 Å². The molecule has 4 aromatic rings. The molecule has 2 aliphatic heterocycles. The number of amides is 2. The van der Waals surface area contributed by atoms with Gasteiger partial charge in [0.2, 0.25) is 11.8 Å². The fourth-order valence-corrected chi connectivity index (χ4v) is 6.24. The number of nitrogens with zero attached hydrogens (tertiary/aromatic N) is 2. The maximum absolute atomic E-state index is 13.8. The van der Waals surface area contributed by atoms with Crippen LogP contribution in [0.25, 0.3) is 10.9 Å². The van der Waals surface area contributed by atoms with Crippen molar-refractivity contribution in [3.63, 3.8) is 0 Å². The molecule has 4 heterocycles. The first-order chi connectivity index (χ1) is 17.6. The van der Waals surface area contributed by atoms with Gasteiger partial charge in [0.25, 0.3) is 0 Å². The standard InChI is InChI=1S/C28H27N3O4S/c1-3-35-23-11-10-17(13-24(23)34-2)27-26-20(19-8-4-5-9-21(19)29-26)14-22-28(33)30(16-25(32)31(22)27)15-18-7-6-12-36-18/h4-13,22,27,29H,3,14-16H2,1-2H3. The summed E-state index contributed by atoms with van der Waals surface area (Å²) in [6, 6.07) is 16.8. The number of carbonyl (C=O) groups excluding carboxylic acids is 2. The van der Waals surface area contributed by atoms with Gasteiger partial charge in [0.05, 0.1) is 26.3 Å². The number of piperazine rings is 1. The third-order valence-corrected chi connectivity index (χ3v) is 7.93. The van der Waals surface area contributed by atoms with Crippen molar-refractivity contribution in [2.75, 3.05) is 20.3 Å². The van der Waals surface area contributed by atoms with Crippen LogP contribution < -0.4 is 9.47 Å². The number of aromatic amines is 1. The molecule has 0 aliphatic carbocycles. The Morgan fingerprint density at radius 3 is 2.72 bits per heavy atom. The molecule has 0 spiro atoms. The Kier molecular flexibility index (Phi) is 5.68. The highest BCUT2D eigenvalue weighted by molar-refractivity contribution is 7.09. The summed E-state index contributed by atoms with van der Waals surface area (Å²) < 4.78 is 11.3. The van der Waals surface area contributed by atoms with E-state index in [1.165, 1.54) is 0 Å². The Hall–Kier alpha value is -3.78. The first-order valence-electron chi connectivity index (χ1n) is 12.1. The second kappa shape index (κ2) is 9.02. The zero-order valence-electron chi connectivity index (χ0n) is 20.2. The normalized spacial score (nSPS) is 19.4. The zero-order chi connectivity index (χ0) is 24.8. The van der Waals surface area contributed by atoms with E-state index in [1.807, 2.05) is 60.8 Å². The summed E-state index contributed by atoms with van der Waals surface area (Å²) in [5.41, 5.74) is 3.91. The number of rotatable bonds is 6. The average molecular weight is 502 g/mol. The number of hydrogen-bond acceptors (Lipinski definition) is 5. The monoisotopic (exact) mass is 501 g/mol. The van der Waals surface area contributed by atoms with E-state index >= 15 is 0 Å². The van der Waals surface area contributed by atoms with Gasteiger partial charge in [-0.15, -0.1) is 11.3 Å². The molecule has 0 saturated carbocycles. The molecular formula is C28H27N3O4S. The molecular weight excluding hydrogens is 474 g/mol. The summed E-state index contributed by atoms with van der Waals surface area (Å²) in [5, 5.41) is 3.08. The van der Waals surface area contributed by atoms with Gasteiger partial charge in [0, 0.05) is 27.9 Å². The quantitative estimate of drug-likeness (QED) is 0.422. The fourth-order valence-electron chi connectivity index (χ4n) is 5.52. The minimum Gasteiger partial charge on any atom is -0.493 e. The van der Waals surface area contributed by atoms with Gasteiger partial charge in [-0.1, -0.05) is 30.3 Å². The topological polar surface area (TPSA) is 74.9 Å². The summed E-state index contributed by atoms with van der Waals surface area (Å²) >= 11 is 1.60. The number of H-pyrrole nitrogens is 1.